The number of benzene rings is 1. The molecule has 1 heterocycles. The number of methoxy groups -OCH3 is 1. The lowest BCUT2D eigenvalue weighted by atomic mass is 10.1. The fraction of sp³-hybridized carbons (Fsp3) is 0.250. The van der Waals surface area contributed by atoms with E-state index in [1.54, 1.807) is 12.1 Å². The maximum absolute atomic E-state index is 11.4. The zero-order chi connectivity index (χ0) is 13.7. The average molecular weight is 326 g/mol. The molecule has 0 saturated carbocycles. The first-order valence-electron chi connectivity index (χ1n) is 5.53. The molecule has 19 heavy (non-hydrogen) atoms. The first-order valence-corrected chi connectivity index (χ1v) is 6.32. The Morgan fingerprint density at radius 1 is 1.47 bits per heavy atom. The number of hydrogen-bond acceptors (Lipinski definition) is 6. The van der Waals surface area contributed by atoms with E-state index in [9.17, 15) is 4.79 Å². The minimum atomic E-state index is -0.355. The predicted octanol–water partition coefficient (Wildman–Crippen LogP) is 1.91. The Morgan fingerprint density at radius 3 is 2.95 bits per heavy atom. The summed E-state index contributed by atoms with van der Waals surface area (Å²) in [6.45, 7) is 1.14. The lowest BCUT2D eigenvalue weighted by Gasteiger charge is -2.07. The number of nitrogens with one attached hydrogen (secondary N) is 1. The van der Waals surface area contributed by atoms with Gasteiger partial charge in [-0.1, -0.05) is 27.2 Å². The van der Waals surface area contributed by atoms with Crippen molar-refractivity contribution in [2.75, 3.05) is 7.11 Å². The van der Waals surface area contributed by atoms with Gasteiger partial charge in [-0.15, -0.1) is 0 Å². The number of carbonyl (C=O) groups is 1. The molecule has 0 spiro atoms. The van der Waals surface area contributed by atoms with Gasteiger partial charge < -0.3 is 14.6 Å². The maximum atomic E-state index is 11.4. The van der Waals surface area contributed by atoms with Gasteiger partial charge in [-0.3, -0.25) is 0 Å². The Balaban J connectivity index is 1.95. The van der Waals surface area contributed by atoms with E-state index in [0.717, 1.165) is 10.0 Å². The molecule has 0 aliphatic rings. The van der Waals surface area contributed by atoms with Crippen molar-refractivity contribution in [2.24, 2.45) is 0 Å². The number of halogens is 1. The molecular formula is C12H12BrN3O3. The van der Waals surface area contributed by atoms with Gasteiger partial charge in [0, 0.05) is 11.0 Å². The number of nitrogens with zero attached hydrogens (tertiary/aromatic N) is 2. The summed E-state index contributed by atoms with van der Waals surface area (Å²) in [7, 11) is 1.36. The van der Waals surface area contributed by atoms with Crippen molar-refractivity contribution >= 4 is 21.9 Å². The van der Waals surface area contributed by atoms with Crippen LogP contribution in [0, 0.1) is 0 Å². The highest BCUT2D eigenvalue weighted by Crippen LogP contribution is 2.19. The standard InChI is InChI=1S/C12H12BrN3O3/c1-18-12(17)8-2-3-9(10(13)4-8)5-14-6-11-15-7-19-16-11/h2-4,7,14H,5-6H2,1H3. The molecule has 0 bridgehead atoms. The van der Waals surface area contributed by atoms with Gasteiger partial charge in [-0.05, 0) is 17.7 Å². The van der Waals surface area contributed by atoms with Crippen LogP contribution in [0.2, 0.25) is 0 Å². The minimum absolute atomic E-state index is 0.355. The lowest BCUT2D eigenvalue weighted by Crippen LogP contribution is -2.14. The molecule has 0 radical (unpaired) electrons. The fourth-order valence-corrected chi connectivity index (χ4v) is 2.03. The van der Waals surface area contributed by atoms with Crippen LogP contribution in [0.3, 0.4) is 0 Å². The Labute approximate surface area is 118 Å². The van der Waals surface area contributed by atoms with Crippen LogP contribution in [-0.4, -0.2) is 23.2 Å². The van der Waals surface area contributed by atoms with Crippen LogP contribution < -0.4 is 5.32 Å². The van der Waals surface area contributed by atoms with Crippen LogP contribution in [0.1, 0.15) is 21.7 Å². The van der Waals surface area contributed by atoms with Crippen LogP contribution >= 0.6 is 15.9 Å². The van der Waals surface area contributed by atoms with Crippen molar-refractivity contribution in [3.63, 3.8) is 0 Å². The molecule has 2 aromatic rings. The minimum Gasteiger partial charge on any atom is -0.465 e. The highest BCUT2D eigenvalue weighted by atomic mass is 79.9. The molecule has 1 aromatic heterocycles. The Kier molecular flexibility index (Phi) is 4.64. The Bertz CT molecular complexity index is 557. The van der Waals surface area contributed by atoms with Crippen molar-refractivity contribution in [1.29, 1.82) is 0 Å². The highest BCUT2D eigenvalue weighted by Gasteiger charge is 2.08. The second-order valence-corrected chi connectivity index (χ2v) is 4.60. The molecule has 6 nitrogen and oxygen atoms in total. The largest absolute Gasteiger partial charge is 0.465 e. The van der Waals surface area contributed by atoms with Crippen molar-refractivity contribution in [3.8, 4) is 0 Å². The van der Waals surface area contributed by atoms with E-state index in [1.807, 2.05) is 6.07 Å². The van der Waals surface area contributed by atoms with Crippen LogP contribution in [0.25, 0.3) is 0 Å². The number of hydrogen-bond donors (Lipinski definition) is 1. The summed E-state index contributed by atoms with van der Waals surface area (Å²) in [4.78, 5) is 15.3. The van der Waals surface area contributed by atoms with Crippen molar-refractivity contribution in [3.05, 3.63) is 46.0 Å². The molecule has 0 unspecified atom stereocenters. The third-order valence-electron chi connectivity index (χ3n) is 2.48. The van der Waals surface area contributed by atoms with Crippen LogP contribution in [0.5, 0.6) is 0 Å². The molecule has 0 saturated heterocycles. The van der Waals surface area contributed by atoms with E-state index in [0.29, 0.717) is 24.5 Å². The number of ether oxygens (including phenoxy) is 1. The van der Waals surface area contributed by atoms with E-state index < -0.39 is 0 Å². The summed E-state index contributed by atoms with van der Waals surface area (Å²) in [5.41, 5.74) is 1.53. The van der Waals surface area contributed by atoms with E-state index in [-0.39, 0.29) is 5.97 Å². The van der Waals surface area contributed by atoms with Gasteiger partial charge >= 0.3 is 5.97 Å². The first-order chi connectivity index (χ1) is 9.20. The summed E-state index contributed by atoms with van der Waals surface area (Å²) < 4.78 is 10.1. The molecular weight excluding hydrogens is 314 g/mol. The first kappa shape index (κ1) is 13.7. The molecule has 1 N–H and O–H groups in total. The third-order valence-corrected chi connectivity index (χ3v) is 3.22. The Morgan fingerprint density at radius 2 is 2.32 bits per heavy atom. The van der Waals surface area contributed by atoms with Crippen molar-refractivity contribution < 1.29 is 14.1 Å². The van der Waals surface area contributed by atoms with Gasteiger partial charge in [0.2, 0.25) is 6.39 Å². The number of rotatable bonds is 5. The van der Waals surface area contributed by atoms with E-state index in [4.69, 9.17) is 0 Å². The Hall–Kier alpha value is -1.73. The summed E-state index contributed by atoms with van der Waals surface area (Å²) in [6, 6.07) is 5.32. The lowest BCUT2D eigenvalue weighted by molar-refractivity contribution is 0.0600. The van der Waals surface area contributed by atoms with E-state index >= 15 is 0 Å². The molecule has 100 valence electrons. The van der Waals surface area contributed by atoms with Crippen LogP contribution in [-0.2, 0) is 17.8 Å². The molecule has 0 atom stereocenters. The smallest absolute Gasteiger partial charge is 0.337 e. The monoisotopic (exact) mass is 325 g/mol. The summed E-state index contributed by atoms with van der Waals surface area (Å²) in [5.74, 6) is 0.245. The van der Waals surface area contributed by atoms with Crippen molar-refractivity contribution in [1.82, 2.24) is 15.5 Å². The average Bonchev–Trinajstić information content (AvgIpc) is 2.93. The third kappa shape index (κ3) is 3.62. The topological polar surface area (TPSA) is 77.2 Å². The summed E-state index contributed by atoms with van der Waals surface area (Å²) in [5, 5.41) is 6.87. The van der Waals surface area contributed by atoms with Gasteiger partial charge in [-0.2, -0.15) is 4.98 Å². The van der Waals surface area contributed by atoms with Crippen LogP contribution in [0.4, 0.5) is 0 Å². The summed E-state index contributed by atoms with van der Waals surface area (Å²) in [6.07, 6.45) is 1.29. The zero-order valence-corrected chi connectivity index (χ0v) is 11.8. The zero-order valence-electron chi connectivity index (χ0n) is 10.2. The molecule has 0 amide bonds. The van der Waals surface area contributed by atoms with Gasteiger partial charge in [0.05, 0.1) is 19.2 Å². The van der Waals surface area contributed by atoms with Gasteiger partial charge in [0.15, 0.2) is 5.82 Å². The molecule has 7 heteroatoms. The molecule has 0 aliphatic heterocycles. The van der Waals surface area contributed by atoms with Gasteiger partial charge in [-0.25, -0.2) is 4.79 Å². The second-order valence-electron chi connectivity index (χ2n) is 3.75. The SMILES string of the molecule is COC(=O)c1ccc(CNCc2ncon2)c(Br)c1. The molecule has 2 rings (SSSR count). The van der Waals surface area contributed by atoms with Gasteiger partial charge in [0.25, 0.3) is 0 Å². The highest BCUT2D eigenvalue weighted by molar-refractivity contribution is 9.10. The summed E-state index contributed by atoms with van der Waals surface area (Å²) >= 11 is 3.43. The molecule has 0 aliphatic carbocycles. The van der Waals surface area contributed by atoms with Crippen LogP contribution in [0.15, 0.2) is 33.6 Å². The quantitative estimate of drug-likeness (QED) is 0.846. The fourth-order valence-electron chi connectivity index (χ4n) is 1.51. The molecule has 1 aromatic carbocycles. The van der Waals surface area contributed by atoms with Gasteiger partial charge in [0.1, 0.15) is 0 Å². The predicted molar refractivity (Wildman–Crippen MR) is 70.3 cm³/mol. The number of aromatic nitrogens is 2. The van der Waals surface area contributed by atoms with E-state index in [2.05, 4.69) is 40.6 Å². The normalized spacial score (nSPS) is 10.4. The van der Waals surface area contributed by atoms with Crippen molar-refractivity contribution in [2.45, 2.75) is 13.1 Å². The number of esters is 1. The second kappa shape index (κ2) is 6.44. The maximum Gasteiger partial charge on any atom is 0.337 e. The molecule has 0 fully saturated rings. The van der Waals surface area contributed by atoms with E-state index in [1.165, 1.54) is 13.5 Å². The number of carbonyl (C=O) groups excluding carboxylic acids is 1.